The Labute approximate surface area is 88.1 Å². The predicted molar refractivity (Wildman–Crippen MR) is 55.3 cm³/mol. The fourth-order valence-electron chi connectivity index (χ4n) is 1.43. The maximum Gasteiger partial charge on any atom is 0.303 e. The van der Waals surface area contributed by atoms with E-state index < -0.39 is 5.97 Å². The van der Waals surface area contributed by atoms with Gasteiger partial charge in [0, 0.05) is 5.56 Å². The zero-order chi connectivity index (χ0) is 11.4. The maximum absolute atomic E-state index is 10.5. The lowest BCUT2D eigenvalue weighted by molar-refractivity contribution is -0.137. The second-order valence-electron chi connectivity index (χ2n) is 3.42. The topological polar surface area (TPSA) is 66.8 Å². The van der Waals surface area contributed by atoms with Crippen molar-refractivity contribution in [2.24, 2.45) is 0 Å². The molecule has 0 amide bonds. The van der Waals surface area contributed by atoms with Gasteiger partial charge in [-0.3, -0.25) is 4.79 Å². The van der Waals surface area contributed by atoms with Gasteiger partial charge in [-0.1, -0.05) is 6.92 Å². The molecule has 4 nitrogen and oxygen atoms in total. The highest BCUT2D eigenvalue weighted by atomic mass is 16.5. The van der Waals surface area contributed by atoms with Crippen molar-refractivity contribution in [3.63, 3.8) is 0 Å². The Morgan fingerprint density at radius 3 is 2.73 bits per heavy atom. The van der Waals surface area contributed by atoms with Crippen LogP contribution in [0.3, 0.4) is 0 Å². The summed E-state index contributed by atoms with van der Waals surface area (Å²) in [4.78, 5) is 10.5. The van der Waals surface area contributed by atoms with Crippen molar-refractivity contribution < 1.29 is 19.7 Å². The standard InChI is InChI=1S/C11H14O4/c1-7(5-11(13)14)9-6-8(15-2)3-4-10(9)12/h3-4,6-7,12H,5H2,1-2H3,(H,13,14). The van der Waals surface area contributed by atoms with E-state index in [1.165, 1.54) is 13.2 Å². The number of carbonyl (C=O) groups is 1. The number of benzene rings is 1. The smallest absolute Gasteiger partial charge is 0.303 e. The lowest BCUT2D eigenvalue weighted by Gasteiger charge is -2.12. The van der Waals surface area contributed by atoms with E-state index in [0.717, 1.165) is 0 Å². The summed E-state index contributed by atoms with van der Waals surface area (Å²) >= 11 is 0. The van der Waals surface area contributed by atoms with Crippen LogP contribution in [-0.2, 0) is 4.79 Å². The van der Waals surface area contributed by atoms with Crippen molar-refractivity contribution >= 4 is 5.97 Å². The van der Waals surface area contributed by atoms with Crippen LogP contribution in [0.5, 0.6) is 11.5 Å². The Balaban J connectivity index is 2.95. The predicted octanol–water partition coefficient (Wildman–Crippen LogP) is 1.98. The Morgan fingerprint density at radius 1 is 1.53 bits per heavy atom. The van der Waals surface area contributed by atoms with Gasteiger partial charge >= 0.3 is 5.97 Å². The Hall–Kier alpha value is -1.71. The number of phenols is 1. The van der Waals surface area contributed by atoms with Crippen molar-refractivity contribution in [2.75, 3.05) is 7.11 Å². The first-order chi connectivity index (χ1) is 7.04. The van der Waals surface area contributed by atoms with Crippen LogP contribution in [0.25, 0.3) is 0 Å². The average molecular weight is 210 g/mol. The van der Waals surface area contributed by atoms with E-state index in [1.54, 1.807) is 19.1 Å². The SMILES string of the molecule is COc1ccc(O)c(C(C)CC(=O)O)c1. The monoisotopic (exact) mass is 210 g/mol. The van der Waals surface area contributed by atoms with Crippen molar-refractivity contribution in [3.05, 3.63) is 23.8 Å². The zero-order valence-corrected chi connectivity index (χ0v) is 8.73. The zero-order valence-electron chi connectivity index (χ0n) is 8.73. The largest absolute Gasteiger partial charge is 0.508 e. The van der Waals surface area contributed by atoms with E-state index in [4.69, 9.17) is 9.84 Å². The highest BCUT2D eigenvalue weighted by Gasteiger charge is 2.14. The normalized spacial score (nSPS) is 12.1. The van der Waals surface area contributed by atoms with Crippen molar-refractivity contribution in [1.29, 1.82) is 0 Å². The van der Waals surface area contributed by atoms with Crippen LogP contribution in [0.1, 0.15) is 24.8 Å². The fraction of sp³-hybridized carbons (Fsp3) is 0.364. The number of aliphatic carboxylic acids is 1. The molecule has 1 aromatic rings. The number of methoxy groups -OCH3 is 1. The molecule has 1 unspecified atom stereocenters. The molecule has 1 rings (SSSR count). The number of rotatable bonds is 4. The summed E-state index contributed by atoms with van der Waals surface area (Å²) in [6.45, 7) is 1.75. The van der Waals surface area contributed by atoms with E-state index >= 15 is 0 Å². The second-order valence-corrected chi connectivity index (χ2v) is 3.42. The number of carboxylic acids is 1. The molecule has 4 heteroatoms. The van der Waals surface area contributed by atoms with Crippen LogP contribution >= 0.6 is 0 Å². The number of hydrogen-bond acceptors (Lipinski definition) is 3. The summed E-state index contributed by atoms with van der Waals surface area (Å²) in [5, 5.41) is 18.2. The molecule has 0 spiro atoms. The molecule has 0 radical (unpaired) electrons. The van der Waals surface area contributed by atoms with Gasteiger partial charge in [0.2, 0.25) is 0 Å². The lowest BCUT2D eigenvalue weighted by Crippen LogP contribution is -2.03. The minimum atomic E-state index is -0.885. The summed E-state index contributed by atoms with van der Waals surface area (Å²) in [5.41, 5.74) is 0.594. The van der Waals surface area contributed by atoms with Crippen LogP contribution in [0.15, 0.2) is 18.2 Å². The molecular formula is C11H14O4. The highest BCUT2D eigenvalue weighted by Crippen LogP contribution is 2.31. The molecule has 0 aliphatic rings. The van der Waals surface area contributed by atoms with Crippen LogP contribution in [0, 0.1) is 0 Å². The quantitative estimate of drug-likeness (QED) is 0.797. The molecule has 2 N–H and O–H groups in total. The minimum absolute atomic E-state index is 0.0132. The van der Waals surface area contributed by atoms with Crippen LogP contribution in [0.4, 0.5) is 0 Å². The molecular weight excluding hydrogens is 196 g/mol. The summed E-state index contributed by atoms with van der Waals surface area (Å²) in [5.74, 6) is -0.410. The first-order valence-electron chi connectivity index (χ1n) is 4.63. The van der Waals surface area contributed by atoms with E-state index in [9.17, 15) is 9.90 Å². The van der Waals surface area contributed by atoms with Gasteiger partial charge in [-0.25, -0.2) is 0 Å². The second kappa shape index (κ2) is 4.68. The van der Waals surface area contributed by atoms with Crippen molar-refractivity contribution in [3.8, 4) is 11.5 Å². The van der Waals surface area contributed by atoms with Gasteiger partial charge in [-0.2, -0.15) is 0 Å². The van der Waals surface area contributed by atoms with E-state index in [2.05, 4.69) is 0 Å². The van der Waals surface area contributed by atoms with Gasteiger partial charge in [0.25, 0.3) is 0 Å². The van der Waals surface area contributed by atoms with Gasteiger partial charge in [0.05, 0.1) is 13.5 Å². The summed E-state index contributed by atoms with van der Waals surface area (Å²) < 4.78 is 5.01. The summed E-state index contributed by atoms with van der Waals surface area (Å²) in [6.07, 6.45) is -0.0132. The summed E-state index contributed by atoms with van der Waals surface area (Å²) in [6, 6.07) is 4.79. The third-order valence-electron chi connectivity index (χ3n) is 2.25. The van der Waals surface area contributed by atoms with E-state index in [0.29, 0.717) is 11.3 Å². The molecule has 0 heterocycles. The van der Waals surface area contributed by atoms with E-state index in [-0.39, 0.29) is 18.1 Å². The molecule has 15 heavy (non-hydrogen) atoms. The molecule has 82 valence electrons. The molecule has 1 aromatic carbocycles. The number of phenolic OH excluding ortho intramolecular Hbond substituents is 1. The third kappa shape index (κ3) is 2.87. The number of ether oxygens (including phenoxy) is 1. The van der Waals surface area contributed by atoms with E-state index in [1.807, 2.05) is 0 Å². The molecule has 1 atom stereocenters. The van der Waals surface area contributed by atoms with Crippen LogP contribution < -0.4 is 4.74 Å². The Bertz CT molecular complexity index is 360. The molecule has 0 bridgehead atoms. The van der Waals surface area contributed by atoms with Gasteiger partial charge in [0.1, 0.15) is 11.5 Å². The highest BCUT2D eigenvalue weighted by molar-refractivity contribution is 5.68. The number of hydrogen-bond donors (Lipinski definition) is 2. The minimum Gasteiger partial charge on any atom is -0.508 e. The molecule has 0 fully saturated rings. The molecule has 0 aromatic heterocycles. The Morgan fingerprint density at radius 2 is 2.20 bits per heavy atom. The van der Waals surface area contributed by atoms with Gasteiger partial charge in [-0.05, 0) is 24.1 Å². The first kappa shape index (κ1) is 11.4. The maximum atomic E-state index is 10.5. The third-order valence-corrected chi connectivity index (χ3v) is 2.25. The number of aromatic hydroxyl groups is 1. The molecule has 0 saturated heterocycles. The fourth-order valence-corrected chi connectivity index (χ4v) is 1.43. The van der Waals surface area contributed by atoms with Crippen LogP contribution in [-0.4, -0.2) is 23.3 Å². The van der Waals surface area contributed by atoms with Gasteiger partial charge in [0.15, 0.2) is 0 Å². The molecule has 0 aliphatic heterocycles. The Kier molecular flexibility index (Phi) is 3.55. The lowest BCUT2D eigenvalue weighted by atomic mass is 9.97. The molecule has 0 saturated carbocycles. The van der Waals surface area contributed by atoms with Crippen molar-refractivity contribution in [2.45, 2.75) is 19.3 Å². The molecule has 0 aliphatic carbocycles. The van der Waals surface area contributed by atoms with Gasteiger partial charge in [-0.15, -0.1) is 0 Å². The summed E-state index contributed by atoms with van der Waals surface area (Å²) in [7, 11) is 1.53. The van der Waals surface area contributed by atoms with Gasteiger partial charge < -0.3 is 14.9 Å². The first-order valence-corrected chi connectivity index (χ1v) is 4.63. The number of carboxylic acid groups (broad SMARTS) is 1. The van der Waals surface area contributed by atoms with Crippen LogP contribution in [0.2, 0.25) is 0 Å². The van der Waals surface area contributed by atoms with Crippen molar-refractivity contribution in [1.82, 2.24) is 0 Å². The average Bonchev–Trinajstić information content (AvgIpc) is 2.17.